The zero-order valence-electron chi connectivity index (χ0n) is 9.27. The van der Waals surface area contributed by atoms with Crippen LogP contribution in [0.25, 0.3) is 0 Å². The first-order chi connectivity index (χ1) is 7.88. The average Bonchev–Trinajstić information content (AvgIpc) is 2.21. The van der Waals surface area contributed by atoms with Gasteiger partial charge in [-0.25, -0.2) is 0 Å². The molecule has 1 aromatic rings. The molecule has 0 radical (unpaired) electrons. The maximum atomic E-state index is 12.7. The minimum Gasteiger partial charge on any atom is -0.492 e. The van der Waals surface area contributed by atoms with Crippen LogP contribution in [0.4, 0.5) is 13.2 Å². The molecule has 1 nitrogen and oxygen atoms in total. The Morgan fingerprint density at radius 3 is 2.59 bits per heavy atom. The molecule has 0 aliphatic rings. The molecule has 0 saturated heterocycles. The molecule has 0 aromatic heterocycles. The van der Waals surface area contributed by atoms with E-state index >= 15 is 0 Å². The Labute approximate surface area is 112 Å². The van der Waals surface area contributed by atoms with E-state index in [1.807, 2.05) is 22.6 Å². The Bertz CT molecular complexity index is 413. The molecule has 1 aromatic carbocycles. The second-order valence-electron chi connectivity index (χ2n) is 3.47. The fourth-order valence-electron chi connectivity index (χ4n) is 1.39. The van der Waals surface area contributed by atoms with Gasteiger partial charge in [0.2, 0.25) is 0 Å². The van der Waals surface area contributed by atoms with Crippen molar-refractivity contribution in [2.24, 2.45) is 0 Å². The maximum absolute atomic E-state index is 12.7. The Morgan fingerprint density at radius 2 is 2.06 bits per heavy atom. The highest BCUT2D eigenvalue weighted by atomic mass is 127. The third-order valence-electron chi connectivity index (χ3n) is 2.23. The van der Waals surface area contributed by atoms with Crippen molar-refractivity contribution in [2.75, 3.05) is 6.61 Å². The fourth-order valence-corrected chi connectivity index (χ4v) is 2.13. The van der Waals surface area contributed by atoms with Gasteiger partial charge in [0, 0.05) is 5.56 Å². The summed E-state index contributed by atoms with van der Waals surface area (Å²) in [7, 11) is 0. The molecule has 0 amide bonds. The molecule has 0 spiro atoms. The van der Waals surface area contributed by atoms with Crippen LogP contribution in [0.15, 0.2) is 24.8 Å². The Kier molecular flexibility index (Phi) is 4.85. The molecule has 1 rings (SSSR count). The first kappa shape index (κ1) is 14.3. The average molecular weight is 356 g/mol. The van der Waals surface area contributed by atoms with Gasteiger partial charge >= 0.3 is 6.18 Å². The molecule has 0 atom stereocenters. The third kappa shape index (κ3) is 3.62. The minimum atomic E-state index is -4.34. The van der Waals surface area contributed by atoms with Crippen LogP contribution >= 0.6 is 22.6 Å². The first-order valence-electron chi connectivity index (χ1n) is 4.98. The highest BCUT2D eigenvalue weighted by Crippen LogP contribution is 2.37. The molecule has 0 aliphatic heterocycles. The minimum absolute atomic E-state index is 0.133. The fraction of sp³-hybridized carbons (Fsp3) is 0.333. The highest BCUT2D eigenvalue weighted by molar-refractivity contribution is 14.1. The van der Waals surface area contributed by atoms with E-state index in [0.717, 1.165) is 6.07 Å². The van der Waals surface area contributed by atoms with E-state index in [1.165, 1.54) is 13.0 Å². The Hall–Kier alpha value is -0.720. The van der Waals surface area contributed by atoms with E-state index in [-0.39, 0.29) is 5.56 Å². The van der Waals surface area contributed by atoms with Crippen molar-refractivity contribution < 1.29 is 17.9 Å². The number of ether oxygens (including phenoxy) is 1. The van der Waals surface area contributed by atoms with Gasteiger partial charge in [-0.1, -0.05) is 6.08 Å². The monoisotopic (exact) mass is 356 g/mol. The quantitative estimate of drug-likeness (QED) is 0.436. The molecule has 0 heterocycles. The number of alkyl halides is 3. The normalized spacial score (nSPS) is 11.4. The van der Waals surface area contributed by atoms with Crippen molar-refractivity contribution in [1.82, 2.24) is 0 Å². The lowest BCUT2D eigenvalue weighted by atomic mass is 10.1. The molecular formula is C12H12F3IO. The van der Waals surface area contributed by atoms with Gasteiger partial charge in [-0.3, -0.25) is 0 Å². The molecule has 0 unspecified atom stereocenters. The summed E-state index contributed by atoms with van der Waals surface area (Å²) >= 11 is 1.96. The van der Waals surface area contributed by atoms with Gasteiger partial charge in [0.15, 0.2) is 0 Å². The van der Waals surface area contributed by atoms with Crippen LogP contribution in [-0.2, 0) is 6.18 Å². The zero-order valence-corrected chi connectivity index (χ0v) is 11.4. The summed E-state index contributed by atoms with van der Waals surface area (Å²) in [4.78, 5) is 0. The number of hydrogen-bond acceptors (Lipinski definition) is 1. The molecule has 17 heavy (non-hydrogen) atoms. The lowest BCUT2D eigenvalue weighted by Gasteiger charge is -2.16. The summed E-state index contributed by atoms with van der Waals surface area (Å²) in [6.07, 6.45) is -2.08. The predicted octanol–water partition coefficient (Wildman–Crippen LogP) is 4.57. The largest absolute Gasteiger partial charge is 0.492 e. The van der Waals surface area contributed by atoms with Crippen molar-refractivity contribution in [3.8, 4) is 5.75 Å². The van der Waals surface area contributed by atoms with E-state index in [0.29, 0.717) is 22.3 Å². The highest BCUT2D eigenvalue weighted by Gasteiger charge is 2.33. The van der Waals surface area contributed by atoms with Crippen molar-refractivity contribution in [3.05, 3.63) is 39.5 Å². The molecule has 0 aliphatic carbocycles. The molecule has 0 bridgehead atoms. The van der Waals surface area contributed by atoms with E-state index < -0.39 is 11.7 Å². The Balaban J connectivity index is 3.07. The van der Waals surface area contributed by atoms with Crippen LogP contribution in [0.2, 0.25) is 0 Å². The molecule has 0 saturated carbocycles. The van der Waals surface area contributed by atoms with Gasteiger partial charge in [0.1, 0.15) is 5.75 Å². The number of halogens is 4. The lowest BCUT2D eigenvalue weighted by Crippen LogP contribution is -2.10. The van der Waals surface area contributed by atoms with Crippen molar-refractivity contribution >= 4 is 22.6 Å². The second kappa shape index (κ2) is 5.75. The molecular weight excluding hydrogens is 344 g/mol. The topological polar surface area (TPSA) is 9.23 Å². The van der Waals surface area contributed by atoms with Gasteiger partial charge in [-0.05, 0) is 48.1 Å². The van der Waals surface area contributed by atoms with E-state index in [9.17, 15) is 13.2 Å². The summed E-state index contributed by atoms with van der Waals surface area (Å²) in [5, 5.41) is 0. The van der Waals surface area contributed by atoms with Crippen LogP contribution in [0.1, 0.15) is 17.5 Å². The van der Waals surface area contributed by atoms with E-state index in [2.05, 4.69) is 6.58 Å². The van der Waals surface area contributed by atoms with Gasteiger partial charge < -0.3 is 4.74 Å². The standard InChI is InChI=1S/C12H12F3IO/c1-3-4-7-17-11-8(2)9(12(13,14)15)5-6-10(11)16/h3,5-6H,1,4,7H2,2H3. The molecule has 0 fully saturated rings. The second-order valence-corrected chi connectivity index (χ2v) is 4.63. The van der Waals surface area contributed by atoms with Gasteiger partial charge in [-0.15, -0.1) is 6.58 Å². The molecule has 5 heteroatoms. The number of hydrogen-bond donors (Lipinski definition) is 0. The van der Waals surface area contributed by atoms with Crippen LogP contribution in [0.3, 0.4) is 0 Å². The Morgan fingerprint density at radius 1 is 1.41 bits per heavy atom. The third-order valence-corrected chi connectivity index (χ3v) is 3.08. The predicted molar refractivity (Wildman–Crippen MR) is 69.2 cm³/mol. The maximum Gasteiger partial charge on any atom is 0.416 e. The van der Waals surface area contributed by atoms with Crippen molar-refractivity contribution in [1.29, 1.82) is 0 Å². The molecule has 0 N–H and O–H groups in total. The summed E-state index contributed by atoms with van der Waals surface area (Å²) in [5.74, 6) is 0.308. The van der Waals surface area contributed by atoms with Crippen LogP contribution in [0.5, 0.6) is 5.75 Å². The van der Waals surface area contributed by atoms with Crippen molar-refractivity contribution in [3.63, 3.8) is 0 Å². The number of rotatable bonds is 4. The van der Waals surface area contributed by atoms with Gasteiger partial charge in [0.05, 0.1) is 15.7 Å². The smallest absolute Gasteiger partial charge is 0.416 e. The zero-order chi connectivity index (χ0) is 13.1. The summed E-state index contributed by atoms with van der Waals surface area (Å²) in [6.45, 7) is 5.29. The van der Waals surface area contributed by atoms with Crippen LogP contribution < -0.4 is 4.74 Å². The van der Waals surface area contributed by atoms with Gasteiger partial charge in [0.25, 0.3) is 0 Å². The van der Waals surface area contributed by atoms with Gasteiger partial charge in [-0.2, -0.15) is 13.2 Å². The molecule has 94 valence electrons. The summed E-state index contributed by atoms with van der Waals surface area (Å²) in [6, 6.07) is 2.50. The SMILES string of the molecule is C=CCCOc1c(I)ccc(C(F)(F)F)c1C. The first-order valence-corrected chi connectivity index (χ1v) is 6.05. The van der Waals surface area contributed by atoms with E-state index in [4.69, 9.17) is 4.74 Å². The van der Waals surface area contributed by atoms with Crippen LogP contribution in [-0.4, -0.2) is 6.61 Å². The van der Waals surface area contributed by atoms with Crippen LogP contribution in [0, 0.1) is 10.5 Å². The lowest BCUT2D eigenvalue weighted by molar-refractivity contribution is -0.138. The summed E-state index contributed by atoms with van der Waals surface area (Å²) < 4.78 is 44.1. The van der Waals surface area contributed by atoms with Crippen molar-refractivity contribution in [2.45, 2.75) is 19.5 Å². The van der Waals surface area contributed by atoms with E-state index in [1.54, 1.807) is 6.08 Å². The summed E-state index contributed by atoms with van der Waals surface area (Å²) in [5.41, 5.74) is -0.514. The number of benzene rings is 1.